The van der Waals surface area contributed by atoms with E-state index in [1.54, 1.807) is 12.1 Å². The van der Waals surface area contributed by atoms with E-state index >= 15 is 0 Å². The molecule has 5 nitrogen and oxygen atoms in total. The molecule has 0 atom stereocenters. The Morgan fingerprint density at radius 1 is 1.08 bits per heavy atom. The van der Waals surface area contributed by atoms with Crippen LogP contribution in [0.3, 0.4) is 0 Å². The second kappa shape index (κ2) is 9.03. The van der Waals surface area contributed by atoms with E-state index in [4.69, 9.17) is 9.47 Å². The number of allylic oxidation sites excluding steroid dienone is 1. The number of aromatic carboxylic acids is 1. The first-order valence-corrected chi connectivity index (χ1v) is 8.80. The Labute approximate surface area is 150 Å². The number of ketones is 1. The molecule has 25 heavy (non-hydrogen) atoms. The Hall–Kier alpha value is -2.60. The lowest BCUT2D eigenvalue weighted by Crippen LogP contribution is -2.20. The molecule has 0 saturated heterocycles. The van der Waals surface area contributed by atoms with Crippen molar-refractivity contribution in [2.24, 2.45) is 0 Å². The maximum Gasteiger partial charge on any atom is 0.195 e. The molecule has 1 aromatic carbocycles. The van der Waals surface area contributed by atoms with E-state index in [2.05, 4.69) is 0 Å². The van der Waals surface area contributed by atoms with Crippen molar-refractivity contribution >= 4 is 29.2 Å². The molecule has 0 amide bonds. The molecule has 1 aromatic heterocycles. The predicted octanol–water partition coefficient (Wildman–Crippen LogP) is 3.20. The highest BCUT2D eigenvalue weighted by Gasteiger charge is 2.08. The van der Waals surface area contributed by atoms with Crippen LogP contribution < -0.4 is 14.6 Å². The molecule has 2 rings (SSSR count). The maximum absolute atomic E-state index is 12.1. The number of benzene rings is 1. The molecule has 6 heteroatoms. The van der Waals surface area contributed by atoms with Crippen molar-refractivity contribution in [3.8, 4) is 11.5 Å². The van der Waals surface area contributed by atoms with E-state index in [-0.39, 0.29) is 10.7 Å². The Kier molecular flexibility index (Phi) is 6.77. The summed E-state index contributed by atoms with van der Waals surface area (Å²) < 4.78 is 11.2. The van der Waals surface area contributed by atoms with E-state index in [0.29, 0.717) is 29.6 Å². The number of hydrogen-bond donors (Lipinski definition) is 0. The summed E-state index contributed by atoms with van der Waals surface area (Å²) in [5, 5.41) is 10.8. The highest BCUT2D eigenvalue weighted by molar-refractivity contribution is 7.16. The molecule has 0 radical (unpaired) electrons. The molecule has 0 bridgehead atoms. The van der Waals surface area contributed by atoms with Crippen LogP contribution in [-0.4, -0.2) is 25.0 Å². The summed E-state index contributed by atoms with van der Waals surface area (Å²) >= 11 is 0.900. The van der Waals surface area contributed by atoms with Gasteiger partial charge in [-0.25, -0.2) is 0 Å². The molecule has 0 aliphatic heterocycles. The fraction of sp³-hybridized carbons (Fsp3) is 0.263. The van der Waals surface area contributed by atoms with Crippen molar-refractivity contribution in [2.45, 2.75) is 20.3 Å². The van der Waals surface area contributed by atoms with Crippen molar-refractivity contribution in [3.05, 3.63) is 51.7 Å². The minimum absolute atomic E-state index is 0.0350. The van der Waals surface area contributed by atoms with Gasteiger partial charge in [0.25, 0.3) is 0 Å². The largest absolute Gasteiger partial charge is 0.544 e. The third-order valence-corrected chi connectivity index (χ3v) is 4.29. The van der Waals surface area contributed by atoms with Crippen molar-refractivity contribution in [1.82, 2.24) is 0 Å². The van der Waals surface area contributed by atoms with Gasteiger partial charge in [-0.3, -0.25) is 4.79 Å². The number of thiophene rings is 1. The number of carbonyl (C=O) groups is 2. The quantitative estimate of drug-likeness (QED) is 0.508. The van der Waals surface area contributed by atoms with Crippen LogP contribution in [0.4, 0.5) is 0 Å². The zero-order valence-corrected chi connectivity index (χ0v) is 14.9. The summed E-state index contributed by atoms with van der Waals surface area (Å²) in [6.07, 6.45) is 3.96. The Balaban J connectivity index is 2.14. The molecule has 0 fully saturated rings. The number of carboxylic acid groups (broad SMARTS) is 1. The maximum atomic E-state index is 12.1. The van der Waals surface area contributed by atoms with E-state index in [1.165, 1.54) is 18.2 Å². The fourth-order valence-electron chi connectivity index (χ4n) is 2.06. The summed E-state index contributed by atoms with van der Waals surface area (Å²) in [4.78, 5) is 23.3. The molecule has 0 unspecified atom stereocenters. The number of carbonyl (C=O) groups excluding carboxylic acids is 2. The van der Waals surface area contributed by atoms with Crippen molar-refractivity contribution in [2.75, 3.05) is 13.2 Å². The van der Waals surface area contributed by atoms with Crippen molar-refractivity contribution in [1.29, 1.82) is 0 Å². The molecule has 0 aliphatic carbocycles. The van der Waals surface area contributed by atoms with Crippen LogP contribution in [0.1, 0.15) is 45.2 Å². The molecule has 0 aliphatic rings. The normalized spacial score (nSPS) is 10.8. The first-order chi connectivity index (χ1) is 12.0. The number of ether oxygens (including phenoxy) is 2. The third kappa shape index (κ3) is 5.19. The summed E-state index contributed by atoms with van der Waals surface area (Å²) in [6.45, 7) is 5.03. The number of carboxylic acids is 1. The number of rotatable bonds is 9. The minimum Gasteiger partial charge on any atom is -0.544 e. The van der Waals surface area contributed by atoms with Crippen LogP contribution in [-0.2, 0) is 0 Å². The van der Waals surface area contributed by atoms with E-state index < -0.39 is 5.97 Å². The van der Waals surface area contributed by atoms with Crippen molar-refractivity contribution in [3.63, 3.8) is 0 Å². The summed E-state index contributed by atoms with van der Waals surface area (Å²) in [7, 11) is 0. The third-order valence-electron chi connectivity index (χ3n) is 3.21. The lowest BCUT2D eigenvalue weighted by Gasteiger charge is -2.11. The highest BCUT2D eigenvalue weighted by Crippen LogP contribution is 2.29. The fourth-order valence-corrected chi connectivity index (χ4v) is 2.82. The lowest BCUT2D eigenvalue weighted by molar-refractivity contribution is -0.254. The Morgan fingerprint density at radius 2 is 1.84 bits per heavy atom. The standard InChI is InChI=1S/C19H20O5S/c1-3-11-24-15-8-6-13(12-16(15)23-4-2)5-7-14(20)17-9-10-18(25-17)19(21)22/h5-10,12H,3-4,11H2,1-2H3,(H,21,22)/p-1/b7-5+. The van der Waals surface area contributed by atoms with Crippen LogP contribution in [0.5, 0.6) is 11.5 Å². The van der Waals surface area contributed by atoms with Gasteiger partial charge in [-0.05, 0) is 49.2 Å². The van der Waals surface area contributed by atoms with E-state index in [9.17, 15) is 14.7 Å². The van der Waals surface area contributed by atoms with E-state index in [0.717, 1.165) is 23.3 Å². The first kappa shape index (κ1) is 18.7. The average molecular weight is 359 g/mol. The zero-order valence-electron chi connectivity index (χ0n) is 14.1. The van der Waals surface area contributed by atoms with Gasteiger partial charge in [0.05, 0.1) is 28.9 Å². The second-order valence-corrected chi connectivity index (χ2v) is 6.22. The molecule has 2 aromatic rings. The topological polar surface area (TPSA) is 75.7 Å². The second-order valence-electron chi connectivity index (χ2n) is 5.14. The molecule has 0 saturated carbocycles. The van der Waals surface area contributed by atoms with Gasteiger partial charge < -0.3 is 19.4 Å². The van der Waals surface area contributed by atoms with Crippen molar-refractivity contribution < 1.29 is 24.2 Å². The van der Waals surface area contributed by atoms with Crippen LogP contribution in [0.15, 0.2) is 36.4 Å². The van der Waals surface area contributed by atoms with Gasteiger partial charge in [-0.1, -0.05) is 19.1 Å². The van der Waals surface area contributed by atoms with Gasteiger partial charge in [-0.15, -0.1) is 11.3 Å². The van der Waals surface area contributed by atoms with E-state index in [1.807, 2.05) is 26.0 Å². The average Bonchev–Trinajstić information content (AvgIpc) is 3.09. The Morgan fingerprint density at radius 3 is 2.48 bits per heavy atom. The van der Waals surface area contributed by atoms with Gasteiger partial charge in [0.2, 0.25) is 0 Å². The minimum atomic E-state index is -1.28. The SMILES string of the molecule is CCCOc1ccc(/C=C/C(=O)c2ccc(C(=O)[O-])s2)cc1OCC. The Bertz CT molecular complexity index is 776. The first-order valence-electron chi connectivity index (χ1n) is 7.98. The molecular formula is C19H19O5S-. The summed E-state index contributed by atoms with van der Waals surface area (Å²) in [6, 6.07) is 8.30. The number of hydrogen-bond acceptors (Lipinski definition) is 6. The van der Waals surface area contributed by atoms with Gasteiger partial charge >= 0.3 is 0 Å². The highest BCUT2D eigenvalue weighted by atomic mass is 32.1. The molecule has 0 spiro atoms. The lowest BCUT2D eigenvalue weighted by atomic mass is 10.1. The smallest absolute Gasteiger partial charge is 0.195 e. The summed E-state index contributed by atoms with van der Waals surface area (Å²) in [5.74, 6) is -0.247. The monoisotopic (exact) mass is 359 g/mol. The van der Waals surface area contributed by atoms with Crippen LogP contribution in [0.2, 0.25) is 0 Å². The molecule has 132 valence electrons. The van der Waals surface area contributed by atoms with Gasteiger partial charge in [0.15, 0.2) is 17.3 Å². The molecule has 0 N–H and O–H groups in total. The van der Waals surface area contributed by atoms with Crippen LogP contribution >= 0.6 is 11.3 Å². The molecular weight excluding hydrogens is 340 g/mol. The zero-order chi connectivity index (χ0) is 18.2. The van der Waals surface area contributed by atoms with Crippen LogP contribution in [0, 0.1) is 0 Å². The van der Waals surface area contributed by atoms with Gasteiger partial charge in [-0.2, -0.15) is 0 Å². The van der Waals surface area contributed by atoms with Gasteiger partial charge in [0, 0.05) is 0 Å². The summed E-state index contributed by atoms with van der Waals surface area (Å²) in [5.41, 5.74) is 0.789. The molecule has 1 heterocycles. The predicted molar refractivity (Wildman–Crippen MR) is 95.4 cm³/mol. The van der Waals surface area contributed by atoms with Crippen LogP contribution in [0.25, 0.3) is 6.08 Å². The van der Waals surface area contributed by atoms with Gasteiger partial charge in [0.1, 0.15) is 0 Å².